The molecule has 112 valence electrons. The summed E-state index contributed by atoms with van der Waals surface area (Å²) in [5.74, 6) is -0.271. The Bertz CT molecular complexity index is 922. The van der Waals surface area contributed by atoms with E-state index in [0.717, 1.165) is 53.8 Å². The van der Waals surface area contributed by atoms with Crippen molar-refractivity contribution in [2.45, 2.75) is 32.6 Å². The van der Waals surface area contributed by atoms with E-state index in [1.807, 2.05) is 6.92 Å². The van der Waals surface area contributed by atoms with Crippen molar-refractivity contribution >= 4 is 5.65 Å². The highest BCUT2D eigenvalue weighted by atomic mass is 19.1. The molecule has 1 aromatic carbocycles. The Hall–Kier alpha value is -2.43. The van der Waals surface area contributed by atoms with Gasteiger partial charge in [0.05, 0.1) is 5.69 Å². The van der Waals surface area contributed by atoms with Crippen LogP contribution in [0.25, 0.3) is 16.8 Å². The Balaban J connectivity index is 2.07. The maximum atomic E-state index is 13.2. The van der Waals surface area contributed by atoms with Gasteiger partial charge in [-0.1, -0.05) is 19.1 Å². The third kappa shape index (κ3) is 1.81. The molecule has 0 atom stereocenters. The van der Waals surface area contributed by atoms with Crippen molar-refractivity contribution < 1.29 is 4.39 Å². The maximum absolute atomic E-state index is 13.2. The zero-order valence-corrected chi connectivity index (χ0v) is 12.3. The molecule has 0 spiro atoms. The fraction of sp³-hybridized carbons (Fsp3) is 0.294. The van der Waals surface area contributed by atoms with Crippen molar-refractivity contribution in [1.82, 2.24) is 14.6 Å². The van der Waals surface area contributed by atoms with Gasteiger partial charge in [-0.25, -0.2) is 13.9 Å². The number of hydrogen-bond donors (Lipinski definition) is 1. The topological polar surface area (TPSA) is 50.2 Å². The second-order valence-electron chi connectivity index (χ2n) is 5.68. The van der Waals surface area contributed by atoms with E-state index < -0.39 is 0 Å². The molecule has 0 radical (unpaired) electrons. The molecule has 2 heterocycles. The van der Waals surface area contributed by atoms with Crippen LogP contribution in [0.1, 0.15) is 30.3 Å². The van der Waals surface area contributed by atoms with Crippen LogP contribution in [0.5, 0.6) is 0 Å². The van der Waals surface area contributed by atoms with Crippen molar-refractivity contribution in [1.29, 1.82) is 0 Å². The molecule has 0 amide bonds. The number of hydrogen-bond acceptors (Lipinski definition) is 2. The highest BCUT2D eigenvalue weighted by Crippen LogP contribution is 2.29. The third-order valence-electron chi connectivity index (χ3n) is 4.36. The first-order valence-electron chi connectivity index (χ1n) is 7.60. The first-order chi connectivity index (χ1) is 10.7. The van der Waals surface area contributed by atoms with E-state index in [1.54, 1.807) is 16.6 Å². The quantitative estimate of drug-likeness (QED) is 0.790. The minimum atomic E-state index is -0.271. The second kappa shape index (κ2) is 4.80. The number of nitrogens with one attached hydrogen (secondary N) is 1. The number of nitrogens with zero attached hydrogens (tertiary/aromatic N) is 2. The van der Waals surface area contributed by atoms with Crippen LogP contribution in [0.15, 0.2) is 29.1 Å². The normalized spacial score (nSPS) is 13.7. The lowest BCUT2D eigenvalue weighted by Crippen LogP contribution is -2.20. The first-order valence-corrected chi connectivity index (χ1v) is 7.60. The van der Waals surface area contributed by atoms with Gasteiger partial charge in [0.25, 0.3) is 5.56 Å². The average molecular weight is 297 g/mol. The molecule has 2 aromatic heterocycles. The Kier molecular flexibility index (Phi) is 2.89. The van der Waals surface area contributed by atoms with Gasteiger partial charge in [-0.05, 0) is 43.4 Å². The predicted molar refractivity (Wildman–Crippen MR) is 82.6 cm³/mol. The van der Waals surface area contributed by atoms with Gasteiger partial charge < -0.3 is 0 Å². The van der Waals surface area contributed by atoms with Gasteiger partial charge in [0, 0.05) is 16.8 Å². The van der Waals surface area contributed by atoms with Gasteiger partial charge in [0.1, 0.15) is 5.82 Å². The summed E-state index contributed by atoms with van der Waals surface area (Å²) >= 11 is 0. The fourth-order valence-corrected chi connectivity index (χ4v) is 3.26. The zero-order chi connectivity index (χ0) is 15.3. The first kappa shape index (κ1) is 13.2. The Morgan fingerprint density at radius 1 is 1.27 bits per heavy atom. The van der Waals surface area contributed by atoms with E-state index >= 15 is 0 Å². The van der Waals surface area contributed by atoms with E-state index in [0.29, 0.717) is 5.65 Å². The molecular formula is C17H16FN3O. The van der Waals surface area contributed by atoms with E-state index in [4.69, 9.17) is 4.98 Å². The number of aromatic nitrogens is 3. The monoisotopic (exact) mass is 297 g/mol. The Labute approximate surface area is 126 Å². The molecule has 1 N–H and O–H groups in total. The predicted octanol–water partition coefficient (Wildman–Crippen LogP) is 2.88. The SMILES string of the molecule is CCc1[nH]n2c(=O)c3c(nc2c1-c1ccc(F)cc1)CCC3. The number of halogens is 1. The molecule has 22 heavy (non-hydrogen) atoms. The lowest BCUT2D eigenvalue weighted by atomic mass is 10.0. The van der Waals surface area contributed by atoms with Crippen molar-refractivity contribution in [3.05, 3.63) is 57.4 Å². The summed E-state index contributed by atoms with van der Waals surface area (Å²) in [5.41, 5.74) is 5.10. The molecule has 5 heteroatoms. The van der Waals surface area contributed by atoms with Crippen LogP contribution in [-0.2, 0) is 19.3 Å². The number of aromatic amines is 1. The van der Waals surface area contributed by atoms with E-state index in [-0.39, 0.29) is 11.4 Å². The molecule has 0 fully saturated rings. The standard InChI is InChI=1S/C17H16FN3O/c1-2-13-15(10-6-8-11(18)9-7-10)16-19-14-5-3-4-12(14)17(22)21(16)20-13/h6-9,20H,2-5H2,1H3. The van der Waals surface area contributed by atoms with Crippen LogP contribution in [0, 0.1) is 5.82 Å². The highest BCUT2D eigenvalue weighted by molar-refractivity contribution is 5.80. The summed E-state index contributed by atoms with van der Waals surface area (Å²) in [5, 5.41) is 3.17. The Morgan fingerprint density at radius 2 is 2.05 bits per heavy atom. The number of benzene rings is 1. The van der Waals surface area contributed by atoms with Crippen LogP contribution in [0.4, 0.5) is 4.39 Å². The molecule has 3 aromatic rings. The van der Waals surface area contributed by atoms with Crippen molar-refractivity contribution in [3.8, 4) is 11.1 Å². The molecule has 0 bridgehead atoms. The molecule has 0 saturated heterocycles. The lowest BCUT2D eigenvalue weighted by Gasteiger charge is -2.03. The van der Waals surface area contributed by atoms with Gasteiger partial charge in [-0.3, -0.25) is 9.89 Å². The van der Waals surface area contributed by atoms with E-state index in [1.165, 1.54) is 12.1 Å². The summed E-state index contributed by atoms with van der Waals surface area (Å²) < 4.78 is 14.7. The number of rotatable bonds is 2. The highest BCUT2D eigenvalue weighted by Gasteiger charge is 2.22. The van der Waals surface area contributed by atoms with Gasteiger partial charge >= 0.3 is 0 Å². The summed E-state index contributed by atoms with van der Waals surface area (Å²) in [7, 11) is 0. The van der Waals surface area contributed by atoms with Gasteiger partial charge in [0.15, 0.2) is 5.65 Å². The second-order valence-corrected chi connectivity index (χ2v) is 5.68. The van der Waals surface area contributed by atoms with Crippen LogP contribution < -0.4 is 5.56 Å². The van der Waals surface area contributed by atoms with Crippen LogP contribution in [0.3, 0.4) is 0 Å². The van der Waals surface area contributed by atoms with Gasteiger partial charge in [0.2, 0.25) is 0 Å². The molecule has 0 unspecified atom stereocenters. The van der Waals surface area contributed by atoms with Gasteiger partial charge in [-0.15, -0.1) is 0 Å². The molecular weight excluding hydrogens is 281 g/mol. The van der Waals surface area contributed by atoms with E-state index in [9.17, 15) is 9.18 Å². The van der Waals surface area contributed by atoms with Crippen molar-refractivity contribution in [2.75, 3.05) is 0 Å². The molecule has 4 rings (SSSR count). The number of aryl methyl sites for hydroxylation is 2. The fourth-order valence-electron chi connectivity index (χ4n) is 3.26. The Morgan fingerprint density at radius 3 is 2.77 bits per heavy atom. The smallest absolute Gasteiger partial charge is 0.276 e. The third-order valence-corrected chi connectivity index (χ3v) is 4.36. The summed E-state index contributed by atoms with van der Waals surface area (Å²) in [6.07, 6.45) is 3.39. The lowest BCUT2D eigenvalue weighted by molar-refractivity contribution is 0.628. The van der Waals surface area contributed by atoms with E-state index in [2.05, 4.69) is 5.10 Å². The van der Waals surface area contributed by atoms with Crippen LogP contribution >= 0.6 is 0 Å². The van der Waals surface area contributed by atoms with Crippen molar-refractivity contribution in [3.63, 3.8) is 0 Å². The largest absolute Gasteiger partial charge is 0.293 e. The summed E-state index contributed by atoms with van der Waals surface area (Å²) in [4.78, 5) is 17.3. The summed E-state index contributed by atoms with van der Waals surface area (Å²) in [6, 6.07) is 6.33. The zero-order valence-electron chi connectivity index (χ0n) is 12.3. The molecule has 1 aliphatic carbocycles. The summed E-state index contributed by atoms with van der Waals surface area (Å²) in [6.45, 7) is 2.02. The van der Waals surface area contributed by atoms with Crippen LogP contribution in [0.2, 0.25) is 0 Å². The van der Waals surface area contributed by atoms with Crippen molar-refractivity contribution in [2.24, 2.45) is 0 Å². The maximum Gasteiger partial charge on any atom is 0.276 e. The minimum absolute atomic E-state index is 0.000520. The van der Waals surface area contributed by atoms with Gasteiger partial charge in [-0.2, -0.15) is 0 Å². The van der Waals surface area contributed by atoms with Crippen LogP contribution in [-0.4, -0.2) is 14.6 Å². The number of H-pyrrole nitrogens is 1. The average Bonchev–Trinajstić information content (AvgIpc) is 3.13. The molecule has 1 aliphatic rings. The minimum Gasteiger partial charge on any atom is -0.293 e. The molecule has 0 aliphatic heterocycles. The molecule has 4 nitrogen and oxygen atoms in total. The molecule has 0 saturated carbocycles. The number of fused-ring (bicyclic) bond motifs is 2.